The highest BCUT2D eigenvalue weighted by Gasteiger charge is 2.33. The van der Waals surface area contributed by atoms with Crippen LogP contribution in [0.4, 0.5) is 24.7 Å². The molecular weight excluding hydrogens is 417 g/mol. The zero-order valence-corrected chi connectivity index (χ0v) is 15.0. The number of carboxylic acids is 1. The Morgan fingerprint density at radius 1 is 1.24 bits per heavy atom. The van der Waals surface area contributed by atoms with Crippen molar-refractivity contribution in [1.29, 1.82) is 0 Å². The van der Waals surface area contributed by atoms with Gasteiger partial charge in [0.15, 0.2) is 0 Å². The van der Waals surface area contributed by atoms with Gasteiger partial charge in [-0.25, -0.2) is 14.8 Å². The van der Waals surface area contributed by atoms with Crippen molar-refractivity contribution in [2.24, 2.45) is 0 Å². The minimum atomic E-state index is -4.63. The lowest BCUT2D eigenvalue weighted by atomic mass is 10.1. The Labute approximate surface area is 165 Å². The molecule has 2 aromatic carbocycles. The second kappa shape index (κ2) is 7.51. The number of halogens is 4. The second-order valence-electron chi connectivity index (χ2n) is 5.84. The molecule has 1 heterocycles. The topological polar surface area (TPSA) is 118 Å². The first-order valence-electron chi connectivity index (χ1n) is 7.84. The molecule has 3 rings (SSSR count). The van der Waals surface area contributed by atoms with E-state index >= 15 is 0 Å². The molecule has 1 aromatic heterocycles. The van der Waals surface area contributed by atoms with Gasteiger partial charge in [0, 0.05) is 18.7 Å². The average molecular weight is 427 g/mol. The molecule has 150 valence electrons. The molecule has 0 unspecified atom stereocenters. The molecule has 29 heavy (non-hydrogen) atoms. The normalized spacial score (nSPS) is 11.4. The Morgan fingerprint density at radius 2 is 1.97 bits per heavy atom. The van der Waals surface area contributed by atoms with Gasteiger partial charge in [0.25, 0.3) is 5.69 Å². The Balaban J connectivity index is 2.01. The number of fused-ring (bicyclic) bond motifs is 1. The van der Waals surface area contributed by atoms with Gasteiger partial charge < -0.3 is 10.4 Å². The second-order valence-corrected chi connectivity index (χ2v) is 6.25. The zero-order valence-electron chi connectivity index (χ0n) is 14.2. The van der Waals surface area contributed by atoms with Crippen LogP contribution in [0.3, 0.4) is 0 Å². The number of aromatic nitrogens is 2. The summed E-state index contributed by atoms with van der Waals surface area (Å²) in [5, 5.41) is 22.8. The molecule has 0 saturated carbocycles. The van der Waals surface area contributed by atoms with Gasteiger partial charge in [-0.2, -0.15) is 13.2 Å². The number of hydrogen-bond acceptors (Lipinski definition) is 6. The van der Waals surface area contributed by atoms with Gasteiger partial charge in [0.2, 0.25) is 0 Å². The van der Waals surface area contributed by atoms with Crippen LogP contribution in [-0.2, 0) is 12.7 Å². The summed E-state index contributed by atoms with van der Waals surface area (Å²) < 4.78 is 39.0. The number of non-ortho nitro benzene ring substituents is 1. The molecule has 0 radical (unpaired) electrons. The maximum absolute atomic E-state index is 13.0. The number of rotatable bonds is 5. The molecule has 0 spiro atoms. The van der Waals surface area contributed by atoms with Crippen molar-refractivity contribution >= 4 is 40.0 Å². The molecule has 0 aliphatic heterocycles. The number of alkyl halides is 3. The van der Waals surface area contributed by atoms with E-state index in [2.05, 4.69) is 15.3 Å². The fourth-order valence-corrected chi connectivity index (χ4v) is 2.87. The number of anilines is 1. The van der Waals surface area contributed by atoms with Crippen LogP contribution in [0.25, 0.3) is 10.9 Å². The van der Waals surface area contributed by atoms with E-state index in [1.807, 2.05) is 0 Å². The van der Waals surface area contributed by atoms with Gasteiger partial charge in [-0.1, -0.05) is 17.7 Å². The fraction of sp³-hybridized carbons (Fsp3) is 0.118. The van der Waals surface area contributed by atoms with E-state index in [0.29, 0.717) is 0 Å². The summed E-state index contributed by atoms with van der Waals surface area (Å²) >= 11 is 5.59. The van der Waals surface area contributed by atoms with E-state index in [1.165, 1.54) is 6.07 Å². The third-order valence-electron chi connectivity index (χ3n) is 3.96. The first-order valence-corrected chi connectivity index (χ1v) is 8.21. The first kappa shape index (κ1) is 20.3. The summed E-state index contributed by atoms with van der Waals surface area (Å²) in [6.45, 7) is -0.128. The van der Waals surface area contributed by atoms with Crippen LogP contribution in [0.2, 0.25) is 5.02 Å². The van der Waals surface area contributed by atoms with E-state index in [9.17, 15) is 33.2 Å². The number of carbonyl (C=O) groups is 1. The average Bonchev–Trinajstić information content (AvgIpc) is 2.65. The number of hydrogen-bond donors (Lipinski definition) is 2. The molecular formula is C17H10ClF3N4O4. The van der Waals surface area contributed by atoms with Crippen molar-refractivity contribution in [2.45, 2.75) is 12.7 Å². The molecule has 12 heteroatoms. The minimum absolute atomic E-state index is 0.0321. The van der Waals surface area contributed by atoms with Crippen LogP contribution in [0, 0.1) is 10.1 Å². The van der Waals surface area contributed by atoms with Crippen LogP contribution in [0.15, 0.2) is 36.7 Å². The smallest absolute Gasteiger partial charge is 0.417 e. The van der Waals surface area contributed by atoms with Crippen LogP contribution in [0.5, 0.6) is 0 Å². The van der Waals surface area contributed by atoms with Crippen LogP contribution in [-0.4, -0.2) is 26.0 Å². The molecule has 0 aliphatic rings. The van der Waals surface area contributed by atoms with Crippen molar-refractivity contribution in [3.8, 4) is 0 Å². The molecule has 0 bridgehead atoms. The summed E-state index contributed by atoms with van der Waals surface area (Å²) in [6, 6.07) is 5.30. The van der Waals surface area contributed by atoms with Crippen LogP contribution >= 0.6 is 11.6 Å². The van der Waals surface area contributed by atoms with Gasteiger partial charge in [-0.15, -0.1) is 0 Å². The van der Waals surface area contributed by atoms with Gasteiger partial charge >= 0.3 is 12.1 Å². The standard InChI is InChI=1S/C17H10ClF3N4O4/c18-13-2-1-8(3-12(13)17(19,20)21)6-22-15-10-4-9(25(28)29)5-11(16(26)27)14(10)23-7-24-15/h1-5,7H,6H2,(H,26,27)(H,22,23,24). The molecule has 8 nitrogen and oxygen atoms in total. The number of nitrogens with zero attached hydrogens (tertiary/aromatic N) is 3. The van der Waals surface area contributed by atoms with Gasteiger partial charge in [-0.05, 0) is 17.7 Å². The van der Waals surface area contributed by atoms with E-state index < -0.39 is 38.9 Å². The number of nitro groups is 1. The summed E-state index contributed by atoms with van der Waals surface area (Å²) in [6.07, 6.45) is -3.59. The summed E-state index contributed by atoms with van der Waals surface area (Å²) in [7, 11) is 0. The highest BCUT2D eigenvalue weighted by Crippen LogP contribution is 2.35. The van der Waals surface area contributed by atoms with Gasteiger partial charge in [0.1, 0.15) is 12.1 Å². The van der Waals surface area contributed by atoms with Crippen molar-refractivity contribution < 1.29 is 28.0 Å². The molecule has 0 atom stereocenters. The minimum Gasteiger partial charge on any atom is -0.478 e. The first-order chi connectivity index (χ1) is 13.6. The van der Waals surface area contributed by atoms with Crippen LogP contribution < -0.4 is 5.32 Å². The number of benzene rings is 2. The Bertz CT molecular complexity index is 1140. The molecule has 0 fully saturated rings. The Hall–Kier alpha value is -3.47. The van der Waals surface area contributed by atoms with Crippen LogP contribution in [0.1, 0.15) is 21.5 Å². The third-order valence-corrected chi connectivity index (χ3v) is 4.29. The maximum atomic E-state index is 13.0. The SMILES string of the molecule is O=C(O)c1cc([N+](=O)[O-])cc2c(NCc3ccc(Cl)c(C(F)(F)F)c3)ncnc12. The summed E-state index contributed by atoms with van der Waals surface area (Å²) in [5.41, 5.74) is -1.72. The van der Waals surface area contributed by atoms with E-state index in [1.54, 1.807) is 0 Å². The van der Waals surface area contributed by atoms with Crippen molar-refractivity contribution in [3.05, 3.63) is 68.5 Å². The number of carboxylic acid groups (broad SMARTS) is 1. The van der Waals surface area contributed by atoms with Gasteiger partial charge in [-0.3, -0.25) is 10.1 Å². The van der Waals surface area contributed by atoms with E-state index in [0.717, 1.165) is 30.6 Å². The van der Waals surface area contributed by atoms with Crippen molar-refractivity contribution in [2.75, 3.05) is 5.32 Å². The predicted molar refractivity (Wildman–Crippen MR) is 96.9 cm³/mol. The van der Waals surface area contributed by atoms with Crippen molar-refractivity contribution in [1.82, 2.24) is 9.97 Å². The van der Waals surface area contributed by atoms with E-state index in [-0.39, 0.29) is 28.8 Å². The zero-order chi connectivity index (χ0) is 21.3. The molecule has 0 saturated heterocycles. The fourth-order valence-electron chi connectivity index (χ4n) is 2.65. The highest BCUT2D eigenvalue weighted by molar-refractivity contribution is 6.31. The molecule has 0 aliphatic carbocycles. The molecule has 2 N–H and O–H groups in total. The Morgan fingerprint density at radius 3 is 2.59 bits per heavy atom. The maximum Gasteiger partial charge on any atom is 0.417 e. The van der Waals surface area contributed by atoms with Crippen molar-refractivity contribution in [3.63, 3.8) is 0 Å². The predicted octanol–water partition coefficient (Wildman–Crippen LogP) is 4.52. The highest BCUT2D eigenvalue weighted by atomic mass is 35.5. The Kier molecular flexibility index (Phi) is 5.25. The number of nitro benzene ring substituents is 1. The molecule has 0 amide bonds. The lowest BCUT2D eigenvalue weighted by Gasteiger charge is -2.13. The number of nitrogens with one attached hydrogen (secondary N) is 1. The third kappa shape index (κ3) is 4.19. The monoisotopic (exact) mass is 426 g/mol. The lowest BCUT2D eigenvalue weighted by Crippen LogP contribution is -2.09. The van der Waals surface area contributed by atoms with E-state index in [4.69, 9.17) is 11.6 Å². The summed E-state index contributed by atoms with van der Waals surface area (Å²) in [5.74, 6) is -1.39. The van der Waals surface area contributed by atoms with Gasteiger partial charge in [0.05, 0.1) is 32.0 Å². The lowest BCUT2D eigenvalue weighted by molar-refractivity contribution is -0.384. The summed E-state index contributed by atoms with van der Waals surface area (Å²) in [4.78, 5) is 29.5. The largest absolute Gasteiger partial charge is 0.478 e. The molecule has 3 aromatic rings. The number of aromatic carboxylic acids is 1. The quantitative estimate of drug-likeness (QED) is 0.454.